The van der Waals surface area contributed by atoms with E-state index in [1.54, 1.807) is 66.7 Å². The Morgan fingerprint density at radius 1 is 0.875 bits per heavy atom. The Morgan fingerprint density at radius 3 is 2.28 bits per heavy atom. The lowest BCUT2D eigenvalue weighted by molar-refractivity contribution is -0.123. The third-order valence-corrected chi connectivity index (χ3v) is 4.87. The van der Waals surface area contributed by atoms with Crippen molar-refractivity contribution in [2.75, 3.05) is 34.0 Å². The molecule has 9 heteroatoms. The Morgan fingerprint density at radius 2 is 1.53 bits per heavy atom. The number of halogens is 1. The summed E-state index contributed by atoms with van der Waals surface area (Å²) in [6.07, 6.45) is 0. The fraction of sp³-hybridized carbons (Fsp3) is 0.0870. The van der Waals surface area contributed by atoms with Gasteiger partial charge in [0.05, 0.1) is 5.69 Å². The smallest absolute Gasteiger partial charge is 0.323 e. The number of nitrogens with one attached hydrogen (secondary N) is 3. The number of rotatable bonds is 5. The third-order valence-electron chi connectivity index (χ3n) is 4.62. The van der Waals surface area contributed by atoms with Crippen molar-refractivity contribution < 1.29 is 19.1 Å². The van der Waals surface area contributed by atoms with Crippen molar-refractivity contribution >= 4 is 52.2 Å². The molecule has 1 aliphatic heterocycles. The number of para-hydroxylation sites is 1. The average Bonchev–Trinajstić information content (AvgIpc) is 2.78. The molecule has 0 radical (unpaired) electrons. The van der Waals surface area contributed by atoms with Crippen LogP contribution in [0.4, 0.5) is 27.5 Å². The van der Waals surface area contributed by atoms with Gasteiger partial charge < -0.3 is 20.7 Å². The van der Waals surface area contributed by atoms with Crippen molar-refractivity contribution in [2.24, 2.45) is 0 Å². The van der Waals surface area contributed by atoms with E-state index in [4.69, 9.17) is 16.3 Å². The average molecular weight is 451 g/mol. The highest BCUT2D eigenvalue weighted by molar-refractivity contribution is 6.30. The monoisotopic (exact) mass is 450 g/mol. The van der Waals surface area contributed by atoms with Gasteiger partial charge in [-0.05, 0) is 54.6 Å². The zero-order valence-corrected chi connectivity index (χ0v) is 17.6. The summed E-state index contributed by atoms with van der Waals surface area (Å²) >= 11 is 5.85. The van der Waals surface area contributed by atoms with Gasteiger partial charge in [0.1, 0.15) is 12.3 Å². The molecule has 0 saturated heterocycles. The summed E-state index contributed by atoms with van der Waals surface area (Å²) < 4.78 is 5.47. The zero-order valence-electron chi connectivity index (χ0n) is 16.8. The maximum Gasteiger partial charge on any atom is 0.323 e. The molecular weight excluding hydrogens is 432 g/mol. The second kappa shape index (κ2) is 9.40. The quantitative estimate of drug-likeness (QED) is 0.538. The van der Waals surface area contributed by atoms with Crippen LogP contribution in [0.3, 0.4) is 0 Å². The standard InChI is InChI=1S/C23H19ClN4O4/c24-15-6-8-17(9-7-15)26-23(31)27-18-10-11-20-19(12-18)28(22(30)14-32-20)13-21(29)25-16-4-2-1-3-5-16/h1-12H,13-14H2,(H,25,29)(H2,26,27,31). The van der Waals surface area contributed by atoms with Gasteiger partial charge in [0.25, 0.3) is 5.91 Å². The topological polar surface area (TPSA) is 99.8 Å². The molecule has 162 valence electrons. The molecule has 1 aliphatic rings. The first-order chi connectivity index (χ1) is 15.5. The van der Waals surface area contributed by atoms with Crippen molar-refractivity contribution in [1.82, 2.24) is 0 Å². The summed E-state index contributed by atoms with van der Waals surface area (Å²) in [5.41, 5.74) is 2.03. The lowest BCUT2D eigenvalue weighted by Gasteiger charge is -2.29. The molecule has 4 rings (SSSR count). The summed E-state index contributed by atoms with van der Waals surface area (Å²) in [6.45, 7) is -0.361. The minimum absolute atomic E-state index is 0.171. The molecule has 1 heterocycles. The van der Waals surface area contributed by atoms with Crippen LogP contribution in [0.25, 0.3) is 0 Å². The van der Waals surface area contributed by atoms with E-state index >= 15 is 0 Å². The lowest BCUT2D eigenvalue weighted by atomic mass is 10.2. The fourth-order valence-corrected chi connectivity index (χ4v) is 3.27. The lowest BCUT2D eigenvalue weighted by Crippen LogP contribution is -2.43. The van der Waals surface area contributed by atoms with Crippen molar-refractivity contribution in [2.45, 2.75) is 0 Å². The van der Waals surface area contributed by atoms with Crippen LogP contribution < -0.4 is 25.6 Å². The van der Waals surface area contributed by atoms with Crippen LogP contribution in [0.2, 0.25) is 5.02 Å². The highest BCUT2D eigenvalue weighted by Gasteiger charge is 2.28. The minimum atomic E-state index is -0.469. The van der Waals surface area contributed by atoms with E-state index in [2.05, 4.69) is 16.0 Å². The van der Waals surface area contributed by atoms with E-state index in [0.717, 1.165) is 0 Å². The van der Waals surface area contributed by atoms with Crippen molar-refractivity contribution in [1.29, 1.82) is 0 Å². The molecule has 4 amide bonds. The van der Waals surface area contributed by atoms with Crippen molar-refractivity contribution in [3.63, 3.8) is 0 Å². The van der Waals surface area contributed by atoms with E-state index in [1.807, 2.05) is 6.07 Å². The Labute approximate surface area is 189 Å². The van der Waals surface area contributed by atoms with Crippen LogP contribution in [-0.2, 0) is 9.59 Å². The molecular formula is C23H19ClN4O4. The van der Waals surface area contributed by atoms with Gasteiger partial charge in [0.2, 0.25) is 5.91 Å². The molecule has 32 heavy (non-hydrogen) atoms. The van der Waals surface area contributed by atoms with Gasteiger partial charge in [-0.2, -0.15) is 0 Å². The number of carbonyl (C=O) groups is 3. The van der Waals surface area contributed by atoms with Gasteiger partial charge in [-0.1, -0.05) is 29.8 Å². The van der Waals surface area contributed by atoms with Crippen LogP contribution in [0.5, 0.6) is 5.75 Å². The Hall–Kier alpha value is -4.04. The molecule has 0 bridgehead atoms. The Kier molecular flexibility index (Phi) is 6.23. The van der Waals surface area contributed by atoms with E-state index in [1.165, 1.54) is 4.90 Å². The normalized spacial score (nSPS) is 12.4. The summed E-state index contributed by atoms with van der Waals surface area (Å²) in [6, 6.07) is 20.1. The SMILES string of the molecule is O=C(CN1C(=O)COc2ccc(NC(=O)Nc3ccc(Cl)cc3)cc21)Nc1ccccc1. The summed E-state index contributed by atoms with van der Waals surface area (Å²) in [7, 11) is 0. The Balaban J connectivity index is 1.47. The molecule has 0 saturated carbocycles. The highest BCUT2D eigenvalue weighted by atomic mass is 35.5. The number of anilines is 4. The van der Waals surface area contributed by atoms with Gasteiger partial charge in [-0.15, -0.1) is 0 Å². The van der Waals surface area contributed by atoms with E-state index in [-0.39, 0.29) is 25.0 Å². The van der Waals surface area contributed by atoms with E-state index in [9.17, 15) is 14.4 Å². The third kappa shape index (κ3) is 5.16. The van der Waals surface area contributed by atoms with E-state index < -0.39 is 6.03 Å². The predicted octanol–water partition coefficient (Wildman–Crippen LogP) is 4.35. The number of hydrogen-bond acceptors (Lipinski definition) is 4. The highest BCUT2D eigenvalue weighted by Crippen LogP contribution is 2.34. The number of fused-ring (bicyclic) bond motifs is 1. The largest absolute Gasteiger partial charge is 0.482 e. The number of hydrogen-bond donors (Lipinski definition) is 3. The molecule has 3 N–H and O–H groups in total. The second-order valence-electron chi connectivity index (χ2n) is 6.95. The molecule has 0 aromatic heterocycles. The van der Waals surface area contributed by atoms with Gasteiger partial charge in [-0.25, -0.2) is 4.79 Å². The summed E-state index contributed by atoms with van der Waals surface area (Å²) in [4.78, 5) is 38.6. The van der Waals surface area contributed by atoms with Crippen molar-refractivity contribution in [3.8, 4) is 5.75 Å². The minimum Gasteiger partial charge on any atom is -0.482 e. The first-order valence-corrected chi connectivity index (χ1v) is 10.1. The van der Waals surface area contributed by atoms with Crippen LogP contribution in [-0.4, -0.2) is 31.0 Å². The van der Waals surface area contributed by atoms with Gasteiger partial charge in [0.15, 0.2) is 6.61 Å². The van der Waals surface area contributed by atoms with Crippen molar-refractivity contribution in [3.05, 3.63) is 77.8 Å². The second-order valence-corrected chi connectivity index (χ2v) is 7.39. The number of benzene rings is 3. The molecule has 3 aromatic carbocycles. The number of amides is 4. The molecule has 8 nitrogen and oxygen atoms in total. The molecule has 3 aromatic rings. The predicted molar refractivity (Wildman–Crippen MR) is 123 cm³/mol. The maximum absolute atomic E-state index is 12.5. The molecule has 0 aliphatic carbocycles. The molecule has 0 atom stereocenters. The number of urea groups is 1. The van der Waals surface area contributed by atoms with Gasteiger partial charge >= 0.3 is 6.03 Å². The van der Waals surface area contributed by atoms with E-state index in [0.29, 0.717) is 33.5 Å². The first-order valence-electron chi connectivity index (χ1n) is 9.73. The van der Waals surface area contributed by atoms with Gasteiger partial charge in [-0.3, -0.25) is 14.5 Å². The van der Waals surface area contributed by atoms with Crippen LogP contribution in [0.1, 0.15) is 0 Å². The summed E-state index contributed by atoms with van der Waals surface area (Å²) in [5, 5.41) is 8.72. The van der Waals surface area contributed by atoms with Crippen LogP contribution >= 0.6 is 11.6 Å². The molecule has 0 unspecified atom stereocenters. The van der Waals surface area contributed by atoms with Gasteiger partial charge in [0, 0.05) is 22.1 Å². The Bertz CT molecular complexity index is 1150. The first kappa shape index (κ1) is 21.2. The number of ether oxygens (including phenoxy) is 1. The molecule has 0 fully saturated rings. The van der Waals surface area contributed by atoms with Crippen LogP contribution in [0, 0.1) is 0 Å². The summed E-state index contributed by atoms with van der Waals surface area (Å²) in [5.74, 6) is -0.263. The zero-order chi connectivity index (χ0) is 22.5. The maximum atomic E-state index is 12.5. The number of nitrogens with zero attached hydrogens (tertiary/aromatic N) is 1. The van der Waals surface area contributed by atoms with Crippen LogP contribution in [0.15, 0.2) is 72.8 Å². The number of carbonyl (C=O) groups excluding carboxylic acids is 3. The molecule has 0 spiro atoms. The fourth-order valence-electron chi connectivity index (χ4n) is 3.15.